The predicted molar refractivity (Wildman–Crippen MR) is 98.3 cm³/mol. The van der Waals surface area contributed by atoms with Gasteiger partial charge in [0, 0.05) is 43.9 Å². The summed E-state index contributed by atoms with van der Waals surface area (Å²) in [6.45, 7) is 7.19. The van der Waals surface area contributed by atoms with Crippen molar-refractivity contribution in [3.63, 3.8) is 0 Å². The number of aliphatic hydroxyl groups excluding tert-OH is 1. The summed E-state index contributed by atoms with van der Waals surface area (Å²) in [7, 11) is 3.16. The Morgan fingerprint density at radius 1 is 1.24 bits per heavy atom. The van der Waals surface area contributed by atoms with E-state index < -0.39 is 0 Å². The van der Waals surface area contributed by atoms with Crippen molar-refractivity contribution in [2.45, 2.75) is 20.0 Å². The van der Waals surface area contributed by atoms with Crippen LogP contribution in [-0.2, 0) is 0 Å². The van der Waals surface area contributed by atoms with Crippen LogP contribution in [-0.4, -0.2) is 73.9 Å². The van der Waals surface area contributed by atoms with Crippen LogP contribution in [0.25, 0.3) is 6.08 Å². The lowest BCUT2D eigenvalue weighted by atomic mass is 10.1. The van der Waals surface area contributed by atoms with Gasteiger partial charge in [0.15, 0.2) is 11.5 Å². The highest BCUT2D eigenvalue weighted by Gasteiger charge is 2.24. The summed E-state index contributed by atoms with van der Waals surface area (Å²) in [5.74, 6) is 1.16. The van der Waals surface area contributed by atoms with Crippen molar-refractivity contribution in [2.24, 2.45) is 0 Å². The van der Waals surface area contributed by atoms with Gasteiger partial charge in [0.2, 0.25) is 0 Å². The van der Waals surface area contributed by atoms with Crippen molar-refractivity contribution in [3.8, 4) is 11.5 Å². The molecule has 1 saturated heterocycles. The average molecular weight is 348 g/mol. The minimum absolute atomic E-state index is 0.0107. The molecule has 6 heteroatoms. The van der Waals surface area contributed by atoms with Gasteiger partial charge in [-0.1, -0.05) is 12.2 Å². The summed E-state index contributed by atoms with van der Waals surface area (Å²) in [5.41, 5.74) is 1.41. The lowest BCUT2D eigenvalue weighted by molar-refractivity contribution is 0.0554. The Labute approximate surface area is 149 Å². The topological polar surface area (TPSA) is 62.2 Å². The molecule has 1 heterocycles. The Morgan fingerprint density at radius 2 is 1.92 bits per heavy atom. The number of piperazine rings is 1. The molecule has 0 bridgehead atoms. The number of aliphatic hydroxyl groups is 1. The molecule has 0 saturated carbocycles. The number of carbonyl (C=O) groups excluding carboxylic acids is 1. The molecule has 25 heavy (non-hydrogen) atoms. The molecule has 0 aliphatic carbocycles. The minimum Gasteiger partial charge on any atom is -0.493 e. The predicted octanol–water partition coefficient (Wildman–Crippen LogP) is 1.88. The molecule has 1 amide bonds. The second-order valence-electron chi connectivity index (χ2n) is 6.24. The third-order valence-corrected chi connectivity index (χ3v) is 4.28. The molecule has 138 valence electrons. The number of hydrogen-bond acceptors (Lipinski definition) is 5. The molecule has 1 fully saturated rings. The number of ether oxygens (including phenoxy) is 2. The first kappa shape index (κ1) is 19.3. The Balaban J connectivity index is 2.18. The minimum atomic E-state index is -0.350. The van der Waals surface area contributed by atoms with Crippen LogP contribution in [0.15, 0.2) is 18.2 Å². The summed E-state index contributed by atoms with van der Waals surface area (Å²) in [4.78, 5) is 16.9. The van der Waals surface area contributed by atoms with E-state index >= 15 is 0 Å². The third kappa shape index (κ3) is 4.74. The van der Waals surface area contributed by atoms with Gasteiger partial charge in [-0.15, -0.1) is 0 Å². The molecule has 1 aliphatic heterocycles. The van der Waals surface area contributed by atoms with Gasteiger partial charge in [-0.3, -0.25) is 9.69 Å². The first-order valence-corrected chi connectivity index (χ1v) is 8.58. The average Bonchev–Trinajstić information content (AvgIpc) is 2.60. The molecule has 1 aromatic carbocycles. The summed E-state index contributed by atoms with van der Waals surface area (Å²) in [6, 6.07) is 3.57. The van der Waals surface area contributed by atoms with Gasteiger partial charge in [-0.2, -0.15) is 0 Å². The van der Waals surface area contributed by atoms with Gasteiger partial charge in [0.05, 0.1) is 20.3 Å². The second-order valence-corrected chi connectivity index (χ2v) is 6.24. The summed E-state index contributed by atoms with van der Waals surface area (Å²) >= 11 is 0. The van der Waals surface area contributed by atoms with E-state index in [-0.39, 0.29) is 12.0 Å². The largest absolute Gasteiger partial charge is 0.493 e. The number of carbonyl (C=O) groups is 1. The zero-order valence-corrected chi connectivity index (χ0v) is 15.5. The molecule has 0 spiro atoms. The highest BCUT2D eigenvalue weighted by molar-refractivity contribution is 5.96. The van der Waals surface area contributed by atoms with Crippen LogP contribution < -0.4 is 9.47 Å². The van der Waals surface area contributed by atoms with E-state index in [0.717, 1.165) is 18.7 Å². The number of rotatable bonds is 6. The molecule has 1 atom stereocenters. The Kier molecular flexibility index (Phi) is 6.84. The molecule has 1 unspecified atom stereocenters. The van der Waals surface area contributed by atoms with E-state index in [1.165, 1.54) is 0 Å². The van der Waals surface area contributed by atoms with Gasteiger partial charge in [-0.25, -0.2) is 0 Å². The van der Waals surface area contributed by atoms with Crippen molar-refractivity contribution in [1.82, 2.24) is 9.80 Å². The summed E-state index contributed by atoms with van der Waals surface area (Å²) in [5, 5.41) is 9.49. The zero-order valence-electron chi connectivity index (χ0n) is 15.5. The molecule has 0 aromatic heterocycles. The van der Waals surface area contributed by atoms with Crippen LogP contribution >= 0.6 is 0 Å². The second kappa shape index (κ2) is 8.87. The maximum absolute atomic E-state index is 12.9. The number of nitrogens with zero attached hydrogens (tertiary/aromatic N) is 2. The SMILES string of the molecule is CC=Cc1cc(C(=O)N2CCN(CC(C)O)CC2)cc(OC)c1OC. The number of allylic oxidation sites excluding steroid dienone is 1. The zero-order chi connectivity index (χ0) is 18.4. The molecule has 1 N–H and O–H groups in total. The fraction of sp³-hybridized carbons (Fsp3) is 0.526. The van der Waals surface area contributed by atoms with E-state index in [4.69, 9.17) is 9.47 Å². The Hall–Kier alpha value is -2.05. The van der Waals surface area contributed by atoms with Gasteiger partial charge in [-0.05, 0) is 26.0 Å². The smallest absolute Gasteiger partial charge is 0.254 e. The van der Waals surface area contributed by atoms with Crippen molar-refractivity contribution < 1.29 is 19.4 Å². The highest BCUT2D eigenvalue weighted by Crippen LogP contribution is 2.34. The number of benzene rings is 1. The Morgan fingerprint density at radius 3 is 2.44 bits per heavy atom. The van der Waals surface area contributed by atoms with Crippen molar-refractivity contribution in [1.29, 1.82) is 0 Å². The number of methoxy groups -OCH3 is 2. The number of amides is 1. The fourth-order valence-corrected chi connectivity index (χ4v) is 3.11. The van der Waals surface area contributed by atoms with E-state index in [1.54, 1.807) is 27.2 Å². The fourth-order valence-electron chi connectivity index (χ4n) is 3.11. The van der Waals surface area contributed by atoms with Gasteiger partial charge in [0.25, 0.3) is 5.91 Å². The number of β-amino-alcohol motifs (C(OH)–C–C–N with tert-alkyl or cyclic N) is 1. The summed E-state index contributed by atoms with van der Waals surface area (Å²) < 4.78 is 10.8. The van der Waals surface area contributed by atoms with E-state index in [1.807, 2.05) is 30.0 Å². The van der Waals surface area contributed by atoms with E-state index in [2.05, 4.69) is 4.90 Å². The quantitative estimate of drug-likeness (QED) is 0.850. The summed E-state index contributed by atoms with van der Waals surface area (Å²) in [6.07, 6.45) is 3.45. The normalized spacial score (nSPS) is 16.9. The van der Waals surface area contributed by atoms with E-state index in [0.29, 0.717) is 36.7 Å². The maximum Gasteiger partial charge on any atom is 0.254 e. The first-order valence-electron chi connectivity index (χ1n) is 8.58. The standard InChI is InChI=1S/C19H28N2O4/c1-5-6-15-11-16(12-17(24-3)18(15)25-4)19(23)21-9-7-20(8-10-21)13-14(2)22/h5-6,11-12,14,22H,7-10,13H2,1-4H3. The lowest BCUT2D eigenvalue weighted by Gasteiger charge is -2.35. The van der Waals surface area contributed by atoms with E-state index in [9.17, 15) is 9.90 Å². The van der Waals surface area contributed by atoms with Crippen LogP contribution in [0.3, 0.4) is 0 Å². The molecule has 0 radical (unpaired) electrons. The third-order valence-electron chi connectivity index (χ3n) is 4.28. The van der Waals surface area contributed by atoms with Crippen LogP contribution in [0.1, 0.15) is 29.8 Å². The van der Waals surface area contributed by atoms with Crippen LogP contribution in [0.5, 0.6) is 11.5 Å². The maximum atomic E-state index is 12.9. The van der Waals surface area contributed by atoms with Crippen molar-refractivity contribution in [3.05, 3.63) is 29.3 Å². The highest BCUT2D eigenvalue weighted by atomic mass is 16.5. The first-order chi connectivity index (χ1) is 12.0. The van der Waals surface area contributed by atoms with Gasteiger partial charge in [0.1, 0.15) is 0 Å². The molecule has 1 aliphatic rings. The molecule has 2 rings (SSSR count). The molecular weight excluding hydrogens is 320 g/mol. The Bertz CT molecular complexity index is 620. The van der Waals surface area contributed by atoms with Crippen molar-refractivity contribution in [2.75, 3.05) is 46.9 Å². The van der Waals surface area contributed by atoms with Gasteiger partial charge < -0.3 is 19.5 Å². The monoisotopic (exact) mass is 348 g/mol. The number of hydrogen-bond donors (Lipinski definition) is 1. The van der Waals surface area contributed by atoms with Gasteiger partial charge >= 0.3 is 0 Å². The van der Waals surface area contributed by atoms with Crippen molar-refractivity contribution >= 4 is 12.0 Å². The molecule has 6 nitrogen and oxygen atoms in total. The van der Waals surface area contributed by atoms with Crippen LogP contribution in [0.2, 0.25) is 0 Å². The van der Waals surface area contributed by atoms with Crippen LogP contribution in [0.4, 0.5) is 0 Å². The molecule has 1 aromatic rings. The van der Waals surface area contributed by atoms with Crippen LogP contribution in [0, 0.1) is 0 Å². The lowest BCUT2D eigenvalue weighted by Crippen LogP contribution is -2.50. The molecular formula is C19H28N2O4.